The highest BCUT2D eigenvalue weighted by molar-refractivity contribution is 6.30. The molecule has 0 spiro atoms. The number of imidazole rings is 1. The third kappa shape index (κ3) is 3.58. The summed E-state index contributed by atoms with van der Waals surface area (Å²) in [5, 5.41) is 1.67. The van der Waals surface area contributed by atoms with E-state index in [4.69, 9.17) is 16.3 Å². The third-order valence-corrected chi connectivity index (χ3v) is 4.06. The summed E-state index contributed by atoms with van der Waals surface area (Å²) >= 11 is 5.94. The fourth-order valence-electron chi connectivity index (χ4n) is 2.61. The van der Waals surface area contributed by atoms with Crippen LogP contribution in [0.15, 0.2) is 67.0 Å². The highest BCUT2D eigenvalue weighted by Gasteiger charge is 2.05. The van der Waals surface area contributed by atoms with Crippen LogP contribution in [0.4, 0.5) is 0 Å². The van der Waals surface area contributed by atoms with Gasteiger partial charge in [-0.15, -0.1) is 0 Å². The Balaban J connectivity index is 1.41. The zero-order chi connectivity index (χ0) is 17.9. The normalized spacial score (nSPS) is 11.4. The molecule has 0 radical (unpaired) electrons. The van der Waals surface area contributed by atoms with Gasteiger partial charge in [0.15, 0.2) is 0 Å². The lowest BCUT2D eigenvalue weighted by Gasteiger charge is -1.99. The maximum Gasteiger partial charge on any atom is 0.331 e. The number of hydrogen-bond acceptors (Lipinski definition) is 4. The van der Waals surface area contributed by atoms with Crippen LogP contribution in [-0.2, 0) is 16.1 Å². The van der Waals surface area contributed by atoms with Crippen molar-refractivity contribution in [2.24, 2.45) is 0 Å². The predicted octanol–water partition coefficient (Wildman–Crippen LogP) is 4.29. The van der Waals surface area contributed by atoms with Crippen molar-refractivity contribution in [1.82, 2.24) is 14.4 Å². The standard InChI is InChI=1S/C20H14ClN3O2/c21-15-6-9-19-23-17(12-24(19)11-15)13-26-20(25)10-8-16-7-5-14-3-1-2-4-18(14)22-16/h1-12H,13H2. The largest absolute Gasteiger partial charge is 0.456 e. The SMILES string of the molecule is O=C(C=Cc1ccc2ccccc2n1)OCc1cn2cc(Cl)ccc2n1. The Morgan fingerprint density at radius 1 is 1.08 bits per heavy atom. The first-order valence-corrected chi connectivity index (χ1v) is 8.39. The zero-order valence-corrected chi connectivity index (χ0v) is 14.4. The molecule has 0 unspecified atom stereocenters. The van der Waals surface area contributed by atoms with Crippen molar-refractivity contribution >= 4 is 40.2 Å². The molecule has 1 aromatic carbocycles. The second kappa shape index (κ2) is 6.98. The van der Waals surface area contributed by atoms with Gasteiger partial charge in [-0.05, 0) is 30.3 Å². The number of nitrogens with zero attached hydrogens (tertiary/aromatic N) is 3. The number of halogens is 1. The van der Waals surface area contributed by atoms with Crippen LogP contribution in [0.2, 0.25) is 5.02 Å². The van der Waals surface area contributed by atoms with Crippen LogP contribution in [0.1, 0.15) is 11.4 Å². The summed E-state index contributed by atoms with van der Waals surface area (Å²) in [5.41, 5.74) is 2.98. The van der Waals surface area contributed by atoms with Crippen LogP contribution in [0.25, 0.3) is 22.6 Å². The molecule has 26 heavy (non-hydrogen) atoms. The number of pyridine rings is 2. The Hall–Kier alpha value is -3.18. The van der Waals surface area contributed by atoms with Crippen LogP contribution >= 0.6 is 11.6 Å². The first kappa shape index (κ1) is 16.3. The van der Waals surface area contributed by atoms with Gasteiger partial charge in [0.1, 0.15) is 12.3 Å². The van der Waals surface area contributed by atoms with Gasteiger partial charge in [0.05, 0.1) is 21.9 Å². The van der Waals surface area contributed by atoms with Crippen molar-refractivity contribution in [3.05, 3.63) is 83.4 Å². The summed E-state index contributed by atoms with van der Waals surface area (Å²) in [5.74, 6) is -0.449. The van der Waals surface area contributed by atoms with E-state index >= 15 is 0 Å². The lowest BCUT2D eigenvalue weighted by atomic mass is 10.2. The number of carbonyl (C=O) groups excluding carboxylic acids is 1. The number of ether oxygens (including phenoxy) is 1. The van der Waals surface area contributed by atoms with Crippen molar-refractivity contribution < 1.29 is 9.53 Å². The van der Waals surface area contributed by atoms with E-state index in [0.717, 1.165) is 16.6 Å². The van der Waals surface area contributed by atoms with E-state index in [1.54, 1.807) is 35.0 Å². The van der Waals surface area contributed by atoms with Crippen molar-refractivity contribution in [1.29, 1.82) is 0 Å². The molecule has 0 aliphatic heterocycles. The van der Waals surface area contributed by atoms with Gasteiger partial charge in [-0.1, -0.05) is 35.9 Å². The Labute approximate surface area is 154 Å². The lowest BCUT2D eigenvalue weighted by Crippen LogP contribution is -2.01. The van der Waals surface area contributed by atoms with E-state index in [1.165, 1.54) is 6.08 Å². The summed E-state index contributed by atoms with van der Waals surface area (Å²) in [7, 11) is 0. The van der Waals surface area contributed by atoms with Crippen molar-refractivity contribution in [2.75, 3.05) is 0 Å². The molecule has 3 heterocycles. The first-order valence-electron chi connectivity index (χ1n) is 8.01. The molecule has 0 aliphatic rings. The second-order valence-corrected chi connectivity index (χ2v) is 6.15. The van der Waals surface area contributed by atoms with E-state index in [-0.39, 0.29) is 6.61 Å². The second-order valence-electron chi connectivity index (χ2n) is 5.71. The summed E-state index contributed by atoms with van der Waals surface area (Å²) in [4.78, 5) is 20.8. The molecule has 5 nitrogen and oxygen atoms in total. The number of carbonyl (C=O) groups is 1. The number of hydrogen-bond donors (Lipinski definition) is 0. The van der Waals surface area contributed by atoms with Gasteiger partial charge in [-0.3, -0.25) is 0 Å². The molecule has 0 fully saturated rings. The molecule has 4 rings (SSSR count). The minimum absolute atomic E-state index is 0.0909. The van der Waals surface area contributed by atoms with Crippen LogP contribution in [0, 0.1) is 0 Å². The van der Waals surface area contributed by atoms with Crippen LogP contribution in [0.3, 0.4) is 0 Å². The Kier molecular flexibility index (Phi) is 4.37. The molecule has 128 valence electrons. The maximum atomic E-state index is 11.9. The molecular weight excluding hydrogens is 350 g/mol. The summed E-state index contributed by atoms with van der Waals surface area (Å²) in [6.45, 7) is 0.0909. The minimum atomic E-state index is -0.449. The number of rotatable bonds is 4. The predicted molar refractivity (Wildman–Crippen MR) is 101 cm³/mol. The Bertz CT molecular complexity index is 1130. The Morgan fingerprint density at radius 3 is 2.88 bits per heavy atom. The van der Waals surface area contributed by atoms with Gasteiger partial charge in [0, 0.05) is 23.9 Å². The molecule has 0 amide bonds. The molecule has 0 bridgehead atoms. The highest BCUT2D eigenvalue weighted by Crippen LogP contribution is 2.14. The topological polar surface area (TPSA) is 56.5 Å². The lowest BCUT2D eigenvalue weighted by molar-refractivity contribution is -0.139. The van der Waals surface area contributed by atoms with Crippen molar-refractivity contribution in [3.8, 4) is 0 Å². The molecule has 4 aromatic rings. The number of esters is 1. The van der Waals surface area contributed by atoms with Gasteiger partial charge in [-0.25, -0.2) is 14.8 Å². The smallest absolute Gasteiger partial charge is 0.331 e. The quantitative estimate of drug-likeness (QED) is 0.401. The fraction of sp³-hybridized carbons (Fsp3) is 0.0500. The molecule has 0 atom stereocenters. The molecule has 3 aromatic heterocycles. The molecule has 0 N–H and O–H groups in total. The van der Waals surface area contributed by atoms with Crippen LogP contribution in [0.5, 0.6) is 0 Å². The fourth-order valence-corrected chi connectivity index (χ4v) is 2.78. The van der Waals surface area contributed by atoms with E-state index in [1.807, 2.05) is 36.4 Å². The van der Waals surface area contributed by atoms with Gasteiger partial charge >= 0.3 is 5.97 Å². The molecule has 0 aliphatic carbocycles. The first-order chi connectivity index (χ1) is 12.7. The number of aromatic nitrogens is 3. The van der Waals surface area contributed by atoms with Crippen LogP contribution in [-0.4, -0.2) is 20.3 Å². The summed E-state index contributed by atoms with van der Waals surface area (Å²) < 4.78 is 7.03. The van der Waals surface area contributed by atoms with E-state index in [0.29, 0.717) is 16.4 Å². The zero-order valence-electron chi connectivity index (χ0n) is 13.7. The average Bonchev–Trinajstić information content (AvgIpc) is 3.06. The third-order valence-electron chi connectivity index (χ3n) is 3.84. The van der Waals surface area contributed by atoms with Gasteiger partial charge in [0.2, 0.25) is 0 Å². The molecular formula is C20H14ClN3O2. The minimum Gasteiger partial charge on any atom is -0.456 e. The average molecular weight is 364 g/mol. The summed E-state index contributed by atoms with van der Waals surface area (Å²) in [6, 6.07) is 15.2. The van der Waals surface area contributed by atoms with E-state index < -0.39 is 5.97 Å². The van der Waals surface area contributed by atoms with E-state index in [2.05, 4.69) is 9.97 Å². The number of fused-ring (bicyclic) bond motifs is 2. The Morgan fingerprint density at radius 2 is 1.96 bits per heavy atom. The van der Waals surface area contributed by atoms with Gasteiger partial charge in [0.25, 0.3) is 0 Å². The van der Waals surface area contributed by atoms with E-state index in [9.17, 15) is 4.79 Å². The number of benzene rings is 1. The molecule has 0 saturated heterocycles. The van der Waals surface area contributed by atoms with Crippen molar-refractivity contribution in [2.45, 2.75) is 6.61 Å². The van der Waals surface area contributed by atoms with Gasteiger partial charge in [-0.2, -0.15) is 0 Å². The highest BCUT2D eigenvalue weighted by atomic mass is 35.5. The summed E-state index contributed by atoms with van der Waals surface area (Å²) in [6.07, 6.45) is 6.53. The molecule has 0 saturated carbocycles. The van der Waals surface area contributed by atoms with Gasteiger partial charge < -0.3 is 9.14 Å². The molecule has 6 heteroatoms. The van der Waals surface area contributed by atoms with Crippen molar-refractivity contribution in [3.63, 3.8) is 0 Å². The number of para-hydroxylation sites is 1. The maximum absolute atomic E-state index is 11.9. The monoisotopic (exact) mass is 363 g/mol. The van der Waals surface area contributed by atoms with Crippen LogP contribution < -0.4 is 0 Å².